The molecule has 6 nitrogen and oxygen atoms in total. The Morgan fingerprint density at radius 2 is 1.89 bits per heavy atom. The van der Waals surface area contributed by atoms with Crippen LogP contribution in [-0.4, -0.2) is 32.7 Å². The molecule has 38 heavy (non-hydrogen) atoms. The molecular weight excluding hydrogens is 512 g/mol. The summed E-state index contributed by atoms with van der Waals surface area (Å²) in [6.45, 7) is 5.12. The molecule has 2 saturated heterocycles. The molecule has 0 bridgehead atoms. The lowest BCUT2D eigenvalue weighted by Gasteiger charge is -2.33. The van der Waals surface area contributed by atoms with E-state index in [0.29, 0.717) is 5.11 Å². The van der Waals surface area contributed by atoms with Gasteiger partial charge in [0.1, 0.15) is 6.04 Å². The smallest absolute Gasteiger partial charge is 0.174 e. The van der Waals surface area contributed by atoms with Gasteiger partial charge in [-0.2, -0.15) is 0 Å². The van der Waals surface area contributed by atoms with E-state index in [4.69, 9.17) is 28.8 Å². The topological polar surface area (TPSA) is 49.2 Å². The number of benzene rings is 1. The van der Waals surface area contributed by atoms with Gasteiger partial charge in [-0.05, 0) is 85.1 Å². The van der Waals surface area contributed by atoms with Crippen molar-refractivity contribution in [1.82, 2.24) is 19.9 Å². The lowest BCUT2D eigenvalue weighted by Crippen LogP contribution is -2.33. The first-order valence-corrected chi connectivity index (χ1v) is 14.0. The first kappa shape index (κ1) is 24.9. The second-order valence-corrected chi connectivity index (χ2v) is 11.0. The molecule has 0 saturated carbocycles. The van der Waals surface area contributed by atoms with Gasteiger partial charge in [0.25, 0.3) is 0 Å². The van der Waals surface area contributed by atoms with E-state index < -0.39 is 0 Å². The number of thiocarbonyl (C=S) groups is 1. The van der Waals surface area contributed by atoms with Gasteiger partial charge in [-0.25, -0.2) is 0 Å². The fourth-order valence-electron chi connectivity index (χ4n) is 5.61. The zero-order valence-corrected chi connectivity index (χ0v) is 22.9. The Hall–Kier alpha value is -3.42. The zero-order chi connectivity index (χ0) is 26.1. The third-order valence-electron chi connectivity index (χ3n) is 7.68. The van der Waals surface area contributed by atoms with Crippen molar-refractivity contribution >= 4 is 40.3 Å². The molecule has 1 N–H and O–H groups in total. The number of anilines is 2. The van der Waals surface area contributed by atoms with Crippen LogP contribution in [0.5, 0.6) is 0 Å². The normalized spacial score (nSPS) is 20.1. The zero-order valence-electron chi connectivity index (χ0n) is 21.4. The van der Waals surface area contributed by atoms with Gasteiger partial charge in [0.15, 0.2) is 5.11 Å². The molecule has 2 atom stereocenters. The van der Waals surface area contributed by atoms with Crippen LogP contribution in [0.15, 0.2) is 85.5 Å². The van der Waals surface area contributed by atoms with E-state index in [1.807, 2.05) is 30.6 Å². The molecule has 5 heterocycles. The molecular formula is C30H31ClN6S. The van der Waals surface area contributed by atoms with E-state index in [1.165, 1.54) is 12.8 Å². The van der Waals surface area contributed by atoms with Crippen molar-refractivity contribution in [2.24, 2.45) is 5.92 Å². The molecule has 0 spiro atoms. The fourth-order valence-corrected chi connectivity index (χ4v) is 6.25. The summed E-state index contributed by atoms with van der Waals surface area (Å²) in [5.41, 5.74) is 5.30. The largest absolute Gasteiger partial charge is 0.370 e. The van der Waals surface area contributed by atoms with E-state index in [-0.39, 0.29) is 12.1 Å². The summed E-state index contributed by atoms with van der Waals surface area (Å²) in [6.07, 6.45) is 10.1. The molecule has 2 aliphatic heterocycles. The third kappa shape index (κ3) is 4.88. The highest BCUT2D eigenvalue weighted by Gasteiger charge is 2.42. The number of nitrogens with zero attached hydrogens (tertiary/aromatic N) is 5. The quantitative estimate of drug-likeness (QED) is 0.285. The summed E-state index contributed by atoms with van der Waals surface area (Å²) in [6, 6.07) is 20.5. The number of nitrogens with one attached hydrogen (secondary N) is 1. The lowest BCUT2D eigenvalue weighted by atomic mass is 9.98. The van der Waals surface area contributed by atoms with Gasteiger partial charge in [-0.3, -0.25) is 9.97 Å². The highest BCUT2D eigenvalue weighted by atomic mass is 35.5. The van der Waals surface area contributed by atoms with Gasteiger partial charge in [0, 0.05) is 55.8 Å². The Morgan fingerprint density at radius 1 is 1.03 bits per heavy atom. The van der Waals surface area contributed by atoms with Crippen LogP contribution in [0.2, 0.25) is 5.02 Å². The number of piperidine rings is 1. The Balaban J connectivity index is 1.38. The summed E-state index contributed by atoms with van der Waals surface area (Å²) in [5, 5.41) is 4.98. The molecule has 194 valence electrons. The Labute approximate surface area is 234 Å². The standard InChI is InChI=1S/C30H31ClN6S/c1-21-11-16-35(17-12-21)26-10-9-23(18-24(26)31)37-29(28(34-30(37)38)25-7-2-3-14-33-25)27-8-5-15-36(27)20-22-6-4-13-32-19-22/h2-10,13-15,18-19,21,28-29H,11-12,16-17,20H2,1H3,(H,34,38)/t28-,29+/m1/s1. The number of halogens is 1. The van der Waals surface area contributed by atoms with E-state index in [2.05, 4.69) is 80.3 Å². The monoisotopic (exact) mass is 542 g/mol. The highest BCUT2D eigenvalue weighted by molar-refractivity contribution is 7.80. The lowest BCUT2D eigenvalue weighted by molar-refractivity contribution is 0.438. The second kappa shape index (κ2) is 10.8. The molecule has 0 amide bonds. The Kier molecular flexibility index (Phi) is 7.04. The average molecular weight is 543 g/mol. The van der Waals surface area contributed by atoms with E-state index in [9.17, 15) is 0 Å². The second-order valence-electron chi connectivity index (χ2n) is 10.2. The summed E-state index contributed by atoms with van der Waals surface area (Å²) in [4.78, 5) is 13.6. The molecule has 3 aromatic heterocycles. The van der Waals surface area contributed by atoms with E-state index in [0.717, 1.165) is 58.9 Å². The number of rotatable bonds is 6. The molecule has 0 radical (unpaired) electrons. The van der Waals surface area contributed by atoms with Crippen molar-refractivity contribution in [3.63, 3.8) is 0 Å². The van der Waals surface area contributed by atoms with E-state index >= 15 is 0 Å². The summed E-state index contributed by atoms with van der Waals surface area (Å²) >= 11 is 12.9. The number of aromatic nitrogens is 3. The van der Waals surface area contributed by atoms with Crippen molar-refractivity contribution in [1.29, 1.82) is 0 Å². The molecule has 2 fully saturated rings. The average Bonchev–Trinajstić information content (AvgIpc) is 3.53. The van der Waals surface area contributed by atoms with Gasteiger partial charge in [-0.15, -0.1) is 0 Å². The van der Waals surface area contributed by atoms with Crippen LogP contribution in [0.4, 0.5) is 11.4 Å². The van der Waals surface area contributed by atoms with Crippen LogP contribution >= 0.6 is 23.8 Å². The molecule has 8 heteroatoms. The van der Waals surface area contributed by atoms with Crippen LogP contribution in [-0.2, 0) is 6.54 Å². The minimum absolute atomic E-state index is 0.109. The van der Waals surface area contributed by atoms with Gasteiger partial charge in [0.05, 0.1) is 22.4 Å². The molecule has 0 unspecified atom stereocenters. The van der Waals surface area contributed by atoms with Crippen LogP contribution in [0.1, 0.15) is 48.8 Å². The van der Waals surface area contributed by atoms with Crippen molar-refractivity contribution in [3.8, 4) is 0 Å². The van der Waals surface area contributed by atoms with E-state index in [1.54, 1.807) is 6.20 Å². The fraction of sp³-hybridized carbons (Fsp3) is 0.300. The van der Waals surface area contributed by atoms with Crippen molar-refractivity contribution in [2.45, 2.75) is 38.4 Å². The first-order valence-electron chi connectivity index (χ1n) is 13.2. The number of pyridine rings is 2. The maximum Gasteiger partial charge on any atom is 0.174 e. The van der Waals surface area contributed by atoms with Crippen LogP contribution < -0.4 is 15.1 Å². The van der Waals surface area contributed by atoms with Crippen LogP contribution in [0, 0.1) is 5.92 Å². The first-order chi connectivity index (χ1) is 18.6. The molecule has 6 rings (SSSR count). The van der Waals surface area contributed by atoms with Crippen molar-refractivity contribution in [3.05, 3.63) is 107 Å². The van der Waals surface area contributed by atoms with Gasteiger partial charge < -0.3 is 19.7 Å². The Morgan fingerprint density at radius 3 is 2.63 bits per heavy atom. The SMILES string of the molecule is CC1CCN(c2ccc(N3C(=S)N[C@H](c4ccccn4)[C@@H]3c3cccn3Cc3cccnc3)cc2Cl)CC1. The summed E-state index contributed by atoms with van der Waals surface area (Å²) < 4.78 is 2.27. The predicted molar refractivity (Wildman–Crippen MR) is 158 cm³/mol. The number of hydrogen-bond acceptors (Lipinski definition) is 4. The molecule has 1 aromatic carbocycles. The van der Waals surface area contributed by atoms with Gasteiger partial charge >= 0.3 is 0 Å². The molecule has 2 aliphatic rings. The molecule has 4 aromatic rings. The van der Waals surface area contributed by atoms with Crippen LogP contribution in [0.25, 0.3) is 0 Å². The summed E-state index contributed by atoms with van der Waals surface area (Å²) in [7, 11) is 0. The van der Waals surface area contributed by atoms with Gasteiger partial charge in [-0.1, -0.05) is 30.7 Å². The maximum atomic E-state index is 6.93. The highest BCUT2D eigenvalue weighted by Crippen LogP contribution is 2.43. The number of hydrogen-bond donors (Lipinski definition) is 1. The maximum absolute atomic E-state index is 6.93. The van der Waals surface area contributed by atoms with Crippen molar-refractivity contribution < 1.29 is 0 Å². The van der Waals surface area contributed by atoms with Crippen LogP contribution in [0.3, 0.4) is 0 Å². The molecule has 0 aliphatic carbocycles. The minimum Gasteiger partial charge on any atom is -0.370 e. The van der Waals surface area contributed by atoms with Gasteiger partial charge in [0.2, 0.25) is 0 Å². The predicted octanol–water partition coefficient (Wildman–Crippen LogP) is 6.39. The minimum atomic E-state index is -0.117. The Bertz CT molecular complexity index is 1400. The third-order valence-corrected chi connectivity index (χ3v) is 8.29. The summed E-state index contributed by atoms with van der Waals surface area (Å²) in [5.74, 6) is 0.768. The van der Waals surface area contributed by atoms with Crippen molar-refractivity contribution in [2.75, 3.05) is 22.9 Å².